The van der Waals surface area contributed by atoms with Crippen LogP contribution in [-0.2, 0) is 0 Å². The second kappa shape index (κ2) is 0.939. The summed E-state index contributed by atoms with van der Waals surface area (Å²) in [5.41, 5.74) is 5.20. The van der Waals surface area contributed by atoms with E-state index in [-0.39, 0.29) is 0 Å². The molecule has 0 saturated carbocycles. The Hall–Kier alpha value is 0.895. The van der Waals surface area contributed by atoms with Crippen LogP contribution in [0.15, 0.2) is 2.96 Å². The Morgan fingerprint density at radius 1 is 2.00 bits per heavy atom. The molecule has 0 aromatic carbocycles. The molecule has 1 aliphatic heterocycles. The Kier molecular flexibility index (Phi) is 0.728. The monoisotopic (exact) mass is 183 g/mol. The molecular weight excluding hydrogens is 183 g/mol. The van der Waals surface area contributed by atoms with Gasteiger partial charge in [-0.1, -0.05) is 0 Å². The van der Waals surface area contributed by atoms with E-state index in [1.54, 1.807) is 0 Å². The van der Waals surface area contributed by atoms with E-state index in [0.717, 1.165) is 0 Å². The van der Waals surface area contributed by atoms with Crippen molar-refractivity contribution < 1.29 is 0 Å². The van der Waals surface area contributed by atoms with Crippen molar-refractivity contribution >= 4 is 31.0 Å². The summed E-state index contributed by atoms with van der Waals surface area (Å²) in [5, 5.41) is 0. The summed E-state index contributed by atoms with van der Waals surface area (Å²) in [4.78, 5) is 0. The predicted octanol–water partition coefficient (Wildman–Crippen LogP) is 1.55. The first-order chi connectivity index (χ1) is 1.89. The van der Waals surface area contributed by atoms with Crippen LogP contribution in [0.5, 0.6) is 0 Å². The zero-order valence-corrected chi connectivity index (χ0v) is 4.90. The topological polar surface area (TPSA) is 12.4 Å². The summed E-state index contributed by atoms with van der Waals surface area (Å²) in [6.45, 7) is 0. The average Bonchev–Trinajstić information content (AvgIpc) is 1.75. The predicted molar refractivity (Wildman–Crippen MR) is 29.1 cm³/mol. The van der Waals surface area contributed by atoms with E-state index in [9.17, 15) is 0 Å². The SMILES string of the molecule is [B]I1N=P1. The van der Waals surface area contributed by atoms with Gasteiger partial charge in [0.15, 0.2) is 0 Å². The van der Waals surface area contributed by atoms with Crippen molar-refractivity contribution in [2.45, 2.75) is 0 Å². The fourth-order valence-corrected chi connectivity index (χ4v) is 2.23. The molecule has 2 radical (unpaired) electrons. The van der Waals surface area contributed by atoms with E-state index in [0.29, 0.717) is 0 Å². The molecule has 0 amide bonds. The van der Waals surface area contributed by atoms with Gasteiger partial charge in [0.2, 0.25) is 0 Å². The van der Waals surface area contributed by atoms with Gasteiger partial charge >= 0.3 is 34.0 Å². The third-order valence-corrected chi connectivity index (χ3v) is 3.28. The summed E-state index contributed by atoms with van der Waals surface area (Å²) >= 11 is -0.916. The van der Waals surface area contributed by atoms with Gasteiger partial charge in [-0.2, -0.15) is 0 Å². The van der Waals surface area contributed by atoms with Crippen LogP contribution >= 0.6 is 25.3 Å². The van der Waals surface area contributed by atoms with E-state index < -0.39 is 19.3 Å². The van der Waals surface area contributed by atoms with Gasteiger partial charge in [-0.25, -0.2) is 0 Å². The number of halogens is 1. The van der Waals surface area contributed by atoms with Crippen molar-refractivity contribution in [3.63, 3.8) is 0 Å². The van der Waals surface area contributed by atoms with Gasteiger partial charge in [-0.15, -0.1) is 0 Å². The Morgan fingerprint density at radius 3 is 2.25 bits per heavy atom. The Morgan fingerprint density at radius 2 is 2.25 bits per heavy atom. The molecule has 4 heteroatoms. The first kappa shape index (κ1) is 3.10. The van der Waals surface area contributed by atoms with Gasteiger partial charge in [-0.05, 0) is 0 Å². The van der Waals surface area contributed by atoms with Gasteiger partial charge in [0.05, 0.1) is 0 Å². The molecule has 0 bridgehead atoms. The first-order valence-corrected chi connectivity index (χ1v) is 6.60. The molecule has 0 N–H and O–H groups in total. The molecular formula is BINP. The van der Waals surface area contributed by atoms with Crippen molar-refractivity contribution in [1.29, 1.82) is 0 Å². The molecule has 1 heterocycles. The minimum atomic E-state index is -0.916. The van der Waals surface area contributed by atoms with Crippen LogP contribution in [0.2, 0.25) is 0 Å². The van der Waals surface area contributed by atoms with E-state index in [1.165, 1.54) is 6.02 Å². The minimum absolute atomic E-state index is 0.916. The average molecular weight is 183 g/mol. The molecule has 0 atom stereocenters. The number of rotatable bonds is 0. The number of hydrogen-bond acceptors (Lipinski definition) is 1. The molecule has 20 valence electrons. The van der Waals surface area contributed by atoms with Crippen LogP contribution in [-0.4, -0.2) is 5.70 Å². The standard InChI is InChI=1S/BINP/c1-2-3-4-2. The Labute approximate surface area is 34.3 Å². The second-order valence-electron chi connectivity index (χ2n) is 0.422. The second-order valence-corrected chi connectivity index (χ2v) is 7.18. The Balaban J connectivity index is 2.32. The summed E-state index contributed by atoms with van der Waals surface area (Å²) in [5.74, 6) is 0. The van der Waals surface area contributed by atoms with Gasteiger partial charge in [-0.3, -0.25) is 0 Å². The zero-order chi connectivity index (χ0) is 2.99. The summed E-state index contributed by atoms with van der Waals surface area (Å²) in [6.07, 6.45) is 0. The fraction of sp³-hybridized carbons (Fsp3) is 0. The van der Waals surface area contributed by atoms with Gasteiger partial charge in [0, 0.05) is 0 Å². The molecule has 0 aromatic heterocycles. The molecule has 4 heavy (non-hydrogen) atoms. The van der Waals surface area contributed by atoms with E-state index in [1.807, 2.05) is 0 Å². The van der Waals surface area contributed by atoms with Gasteiger partial charge in [0.1, 0.15) is 0 Å². The zero-order valence-electron chi connectivity index (χ0n) is 1.85. The first-order valence-electron chi connectivity index (χ1n) is 0.756. The van der Waals surface area contributed by atoms with E-state index in [2.05, 4.69) is 2.96 Å². The van der Waals surface area contributed by atoms with Crippen LogP contribution in [0.3, 0.4) is 0 Å². The van der Waals surface area contributed by atoms with Crippen LogP contribution in [0, 0.1) is 0 Å². The molecule has 0 unspecified atom stereocenters. The van der Waals surface area contributed by atoms with Crippen molar-refractivity contribution in [2.75, 3.05) is 0 Å². The van der Waals surface area contributed by atoms with Crippen LogP contribution in [0.4, 0.5) is 0 Å². The normalized spacial score (nSPS) is 30.5. The molecule has 0 fully saturated rings. The third kappa shape index (κ3) is 0.685. The fourth-order valence-electron chi connectivity index (χ4n) is 0.0165. The van der Waals surface area contributed by atoms with Crippen LogP contribution in [0.25, 0.3) is 0 Å². The van der Waals surface area contributed by atoms with E-state index in [4.69, 9.17) is 5.70 Å². The van der Waals surface area contributed by atoms with E-state index >= 15 is 0 Å². The van der Waals surface area contributed by atoms with Crippen LogP contribution < -0.4 is 0 Å². The maximum atomic E-state index is 5.20. The molecule has 0 spiro atoms. The van der Waals surface area contributed by atoms with Gasteiger partial charge < -0.3 is 0 Å². The van der Waals surface area contributed by atoms with Gasteiger partial charge in [0.25, 0.3) is 0 Å². The maximum absolute atomic E-state index is 5.20. The summed E-state index contributed by atoms with van der Waals surface area (Å²) in [6, 6.07) is 1.22. The molecule has 0 aliphatic carbocycles. The van der Waals surface area contributed by atoms with Crippen molar-refractivity contribution in [3.05, 3.63) is 0 Å². The number of hydrogen-bond donors (Lipinski definition) is 0. The van der Waals surface area contributed by atoms with Crippen molar-refractivity contribution in [3.8, 4) is 0 Å². The number of nitrogens with zero attached hydrogens (tertiary/aromatic N) is 1. The molecule has 0 aromatic rings. The molecule has 1 nitrogen and oxygen atoms in total. The quantitative estimate of drug-likeness (QED) is 0.306. The van der Waals surface area contributed by atoms with Crippen molar-refractivity contribution in [2.24, 2.45) is 2.96 Å². The Bertz CT molecular complexity index is 46.0. The molecule has 1 rings (SSSR count). The molecule has 0 saturated heterocycles. The van der Waals surface area contributed by atoms with Crippen molar-refractivity contribution in [1.82, 2.24) is 0 Å². The summed E-state index contributed by atoms with van der Waals surface area (Å²) < 4.78 is 3.81. The van der Waals surface area contributed by atoms with Crippen LogP contribution in [0.1, 0.15) is 0 Å². The summed E-state index contributed by atoms with van der Waals surface area (Å²) in [7, 11) is 0. The third-order valence-electron chi connectivity index (χ3n) is 0.163. The molecule has 1 aliphatic rings.